The number of allylic oxidation sites excluding steroid dienone is 1. The Kier molecular flexibility index (Phi) is 6.23. The molecule has 0 spiro atoms. The van der Waals surface area contributed by atoms with Gasteiger partial charge in [0.05, 0.1) is 6.61 Å². The van der Waals surface area contributed by atoms with Crippen LogP contribution in [0.2, 0.25) is 0 Å². The zero-order valence-corrected chi connectivity index (χ0v) is 14.4. The summed E-state index contributed by atoms with van der Waals surface area (Å²) in [5.74, 6) is 6.94. The second kappa shape index (κ2) is 8.38. The van der Waals surface area contributed by atoms with Gasteiger partial charge in [0.2, 0.25) is 0 Å². The summed E-state index contributed by atoms with van der Waals surface area (Å²) in [6, 6.07) is 15.4. The Hall–Kier alpha value is -2.50. The summed E-state index contributed by atoms with van der Waals surface area (Å²) >= 11 is 0. The molecule has 0 aromatic heterocycles. The minimum absolute atomic E-state index is 0.503. The van der Waals surface area contributed by atoms with Gasteiger partial charge in [0.25, 0.3) is 0 Å². The van der Waals surface area contributed by atoms with Crippen molar-refractivity contribution < 1.29 is 9.84 Å². The van der Waals surface area contributed by atoms with E-state index in [2.05, 4.69) is 18.4 Å². The molecular weight excluding hydrogens is 296 g/mol. The molecule has 124 valence electrons. The topological polar surface area (TPSA) is 29.5 Å². The first-order valence-corrected chi connectivity index (χ1v) is 8.24. The van der Waals surface area contributed by atoms with E-state index in [4.69, 9.17) is 4.74 Å². The molecule has 0 radical (unpaired) electrons. The fourth-order valence-electron chi connectivity index (χ4n) is 2.40. The zero-order chi connectivity index (χ0) is 17.4. The molecule has 0 fully saturated rings. The van der Waals surface area contributed by atoms with Crippen LogP contribution in [-0.4, -0.2) is 11.7 Å². The van der Waals surface area contributed by atoms with E-state index >= 15 is 0 Å². The Morgan fingerprint density at radius 1 is 1.12 bits per heavy atom. The molecule has 2 rings (SSSR count). The van der Waals surface area contributed by atoms with Crippen molar-refractivity contribution in [1.82, 2.24) is 0 Å². The lowest BCUT2D eigenvalue weighted by Gasteiger charge is -2.22. The third kappa shape index (κ3) is 4.75. The van der Waals surface area contributed by atoms with E-state index in [9.17, 15) is 5.11 Å². The van der Waals surface area contributed by atoms with Crippen molar-refractivity contribution in [2.45, 2.75) is 32.3 Å². The van der Waals surface area contributed by atoms with Crippen LogP contribution in [0.3, 0.4) is 0 Å². The van der Waals surface area contributed by atoms with Crippen molar-refractivity contribution in [3.8, 4) is 17.6 Å². The monoisotopic (exact) mass is 320 g/mol. The van der Waals surface area contributed by atoms with Crippen LogP contribution in [0.1, 0.15) is 36.5 Å². The van der Waals surface area contributed by atoms with Gasteiger partial charge in [0, 0.05) is 5.56 Å². The molecule has 0 amide bonds. The molecule has 1 atom stereocenters. The minimum atomic E-state index is -1.20. The van der Waals surface area contributed by atoms with Crippen LogP contribution in [0.15, 0.2) is 61.2 Å². The highest BCUT2D eigenvalue weighted by Crippen LogP contribution is 2.28. The largest absolute Gasteiger partial charge is 0.494 e. The predicted molar refractivity (Wildman–Crippen MR) is 99.0 cm³/mol. The number of hydrogen-bond donors (Lipinski definition) is 1. The molecule has 0 saturated carbocycles. The molecule has 24 heavy (non-hydrogen) atoms. The molecule has 0 aliphatic heterocycles. The average Bonchev–Trinajstić information content (AvgIpc) is 2.60. The summed E-state index contributed by atoms with van der Waals surface area (Å²) in [6.07, 6.45) is 2.99. The van der Waals surface area contributed by atoms with Crippen molar-refractivity contribution in [2.75, 3.05) is 6.61 Å². The van der Waals surface area contributed by atoms with Gasteiger partial charge in [-0.05, 0) is 56.5 Å². The third-order valence-electron chi connectivity index (χ3n) is 3.82. The summed E-state index contributed by atoms with van der Waals surface area (Å²) in [5, 5.41) is 11.1. The first-order valence-electron chi connectivity index (χ1n) is 8.24. The molecule has 1 N–H and O–H groups in total. The van der Waals surface area contributed by atoms with Gasteiger partial charge >= 0.3 is 0 Å². The number of aryl methyl sites for hydroxylation is 1. The smallest absolute Gasteiger partial charge is 0.151 e. The molecule has 0 saturated heterocycles. The maximum atomic E-state index is 11.1. The molecule has 1 unspecified atom stereocenters. The number of hydrogen-bond acceptors (Lipinski definition) is 2. The van der Waals surface area contributed by atoms with Crippen LogP contribution in [-0.2, 0) is 5.60 Å². The van der Waals surface area contributed by atoms with E-state index in [0.717, 1.165) is 16.9 Å². The van der Waals surface area contributed by atoms with Gasteiger partial charge in [-0.3, -0.25) is 0 Å². The van der Waals surface area contributed by atoms with E-state index in [1.807, 2.05) is 62.4 Å². The van der Waals surface area contributed by atoms with Crippen LogP contribution >= 0.6 is 0 Å². The summed E-state index contributed by atoms with van der Waals surface area (Å²) in [5.41, 5.74) is 1.65. The second-order valence-electron chi connectivity index (χ2n) is 5.76. The van der Waals surface area contributed by atoms with Gasteiger partial charge in [-0.1, -0.05) is 47.7 Å². The van der Waals surface area contributed by atoms with Crippen molar-refractivity contribution in [1.29, 1.82) is 0 Å². The van der Waals surface area contributed by atoms with E-state index in [-0.39, 0.29) is 0 Å². The summed E-state index contributed by atoms with van der Waals surface area (Å²) in [4.78, 5) is 0. The van der Waals surface area contributed by atoms with Gasteiger partial charge in [-0.25, -0.2) is 0 Å². The average molecular weight is 320 g/mol. The Morgan fingerprint density at radius 2 is 1.79 bits per heavy atom. The third-order valence-corrected chi connectivity index (χ3v) is 3.82. The normalized spacial score (nSPS) is 12.6. The van der Waals surface area contributed by atoms with Crippen molar-refractivity contribution in [2.24, 2.45) is 0 Å². The zero-order valence-electron chi connectivity index (χ0n) is 14.4. The Morgan fingerprint density at radius 3 is 2.38 bits per heavy atom. The van der Waals surface area contributed by atoms with Crippen molar-refractivity contribution in [3.05, 3.63) is 77.9 Å². The van der Waals surface area contributed by atoms with Crippen LogP contribution < -0.4 is 4.74 Å². The minimum Gasteiger partial charge on any atom is -0.494 e. The molecule has 0 bridgehead atoms. The summed E-state index contributed by atoms with van der Waals surface area (Å²) in [6.45, 7) is 8.35. The first-order chi connectivity index (χ1) is 11.6. The fourth-order valence-corrected chi connectivity index (χ4v) is 2.40. The van der Waals surface area contributed by atoms with Gasteiger partial charge < -0.3 is 9.84 Å². The van der Waals surface area contributed by atoms with Gasteiger partial charge in [0.15, 0.2) is 5.60 Å². The molecule has 0 aliphatic carbocycles. The van der Waals surface area contributed by atoms with Crippen LogP contribution in [0.5, 0.6) is 5.75 Å². The Bertz CT molecular complexity index is 717. The van der Waals surface area contributed by atoms with E-state index in [1.165, 1.54) is 5.56 Å². The molecule has 2 nitrogen and oxygen atoms in total. The highest BCUT2D eigenvalue weighted by molar-refractivity contribution is 5.42. The molecule has 0 aliphatic rings. The highest BCUT2D eigenvalue weighted by atomic mass is 16.5. The predicted octanol–water partition coefficient (Wildman–Crippen LogP) is 4.60. The SMILES string of the molecule is C=CCCC(O)(C#Cc1ccc(C)cc1)c1ccc(OCC)cc1. The van der Waals surface area contributed by atoms with Crippen LogP contribution in [0, 0.1) is 18.8 Å². The summed E-state index contributed by atoms with van der Waals surface area (Å²) in [7, 11) is 0. The maximum Gasteiger partial charge on any atom is 0.151 e. The van der Waals surface area contributed by atoms with Gasteiger partial charge in [-0.2, -0.15) is 0 Å². The highest BCUT2D eigenvalue weighted by Gasteiger charge is 2.26. The number of benzene rings is 2. The van der Waals surface area contributed by atoms with E-state index in [0.29, 0.717) is 19.4 Å². The lowest BCUT2D eigenvalue weighted by atomic mass is 9.89. The van der Waals surface area contributed by atoms with Crippen molar-refractivity contribution in [3.63, 3.8) is 0 Å². The number of rotatable bonds is 6. The van der Waals surface area contributed by atoms with Gasteiger partial charge in [0.1, 0.15) is 5.75 Å². The molecule has 0 heterocycles. The Balaban J connectivity index is 2.31. The van der Waals surface area contributed by atoms with Crippen LogP contribution in [0.25, 0.3) is 0 Å². The molecule has 2 aromatic rings. The second-order valence-corrected chi connectivity index (χ2v) is 5.76. The molecule has 2 aromatic carbocycles. The number of aliphatic hydroxyl groups is 1. The quantitative estimate of drug-likeness (QED) is 0.622. The van der Waals surface area contributed by atoms with Crippen LogP contribution in [0.4, 0.5) is 0 Å². The molecular formula is C22H24O2. The fraction of sp³-hybridized carbons (Fsp3) is 0.273. The number of ether oxygens (including phenoxy) is 1. The standard InChI is InChI=1S/C22H24O2/c1-4-6-16-22(23,17-15-19-9-7-18(3)8-10-19)20-11-13-21(14-12-20)24-5-2/h4,7-14,23H,1,5-6,16H2,2-3H3. The maximum absolute atomic E-state index is 11.1. The Labute approximate surface area is 144 Å². The summed E-state index contributed by atoms with van der Waals surface area (Å²) < 4.78 is 5.46. The van der Waals surface area contributed by atoms with Crippen molar-refractivity contribution >= 4 is 0 Å². The lowest BCUT2D eigenvalue weighted by Crippen LogP contribution is -2.23. The van der Waals surface area contributed by atoms with E-state index < -0.39 is 5.60 Å². The lowest BCUT2D eigenvalue weighted by molar-refractivity contribution is 0.0913. The van der Waals surface area contributed by atoms with Gasteiger partial charge in [-0.15, -0.1) is 6.58 Å². The first kappa shape index (κ1) is 17.8. The van der Waals surface area contributed by atoms with E-state index in [1.54, 1.807) is 6.08 Å². The molecule has 2 heteroatoms.